The van der Waals surface area contributed by atoms with Crippen molar-refractivity contribution in [3.05, 3.63) is 407 Å². The molecule has 0 unspecified atom stereocenters. The molecule has 0 atom stereocenters. The van der Waals surface area contributed by atoms with E-state index in [2.05, 4.69) is 431 Å². The monoisotopic (exact) mass is 1800 g/mol. The predicted octanol–water partition coefficient (Wildman–Crippen LogP) is 40.1. The van der Waals surface area contributed by atoms with E-state index in [4.69, 9.17) is 0 Å². The number of anilines is 6. The summed E-state index contributed by atoms with van der Waals surface area (Å²) >= 11 is 0. The van der Waals surface area contributed by atoms with E-state index in [-0.39, 0.29) is 21.7 Å². The van der Waals surface area contributed by atoms with Crippen molar-refractivity contribution < 1.29 is 0 Å². The Hall–Kier alpha value is -13.1. The van der Waals surface area contributed by atoms with Crippen LogP contribution in [0.2, 0.25) is 0 Å². The zero-order valence-corrected chi connectivity index (χ0v) is 83.4. The van der Waals surface area contributed by atoms with E-state index in [1.165, 1.54) is 288 Å². The van der Waals surface area contributed by atoms with Crippen molar-refractivity contribution in [2.75, 3.05) is 9.80 Å². The number of rotatable bonds is 36. The number of aryl methyl sites for hydroxylation is 2. The molecular weight excluding hydrogens is 1660 g/mol. The summed E-state index contributed by atoms with van der Waals surface area (Å²) in [6, 6.07) is 137. The van der Waals surface area contributed by atoms with Crippen molar-refractivity contribution >= 4 is 55.7 Å². The van der Waals surface area contributed by atoms with Gasteiger partial charge in [-0.05, 0) is 291 Å². The van der Waals surface area contributed by atoms with Crippen LogP contribution in [-0.4, -0.2) is 0 Å². The molecule has 2 nitrogen and oxygen atoms in total. The molecule has 0 aliphatic heterocycles. The van der Waals surface area contributed by atoms with Crippen LogP contribution in [0.15, 0.2) is 352 Å². The van der Waals surface area contributed by atoms with Crippen LogP contribution in [0.1, 0.15) is 265 Å². The molecule has 0 saturated heterocycles. The number of benzene rings is 17. The van der Waals surface area contributed by atoms with Crippen molar-refractivity contribution in [2.24, 2.45) is 0 Å². The van der Waals surface area contributed by atoms with Gasteiger partial charge in [0.05, 0.1) is 11.4 Å². The first-order chi connectivity index (χ1) is 67.6. The van der Waals surface area contributed by atoms with Gasteiger partial charge in [0, 0.05) is 66.0 Å². The molecule has 0 bridgehead atoms. The zero-order valence-electron chi connectivity index (χ0n) is 83.4. The van der Waals surface area contributed by atoms with Crippen LogP contribution in [0.5, 0.6) is 0 Å². The Morgan fingerprint density at radius 1 is 0.188 bits per heavy atom. The standard InChI is InChI=1S/C136H136N2/c1-11-15-19-23-39-79-135(80-40-24-20-16-12-2)121-63-35-33-57-109(121)115-77-71-105(91-127(115)135)103-69-75-113-111-73-67-101(87-123(111)133(7,8)125(113)89-103)97-51-43-49-95(83-97)99-53-45-55-107(85-99)137(129-65-37-27-47-93(129)5)131-117-59-29-31-61-119(117)132(120-62-32-30-60-118(120)131)138(130-66-38-28-48-94(130)6)108-56-46-54-100(86-108)96-50-44-52-98(84-96)102-68-74-112-114-76-70-104(90-126(114)134(9,10)124(112)88-102)106-72-78-116-110-58-34-36-64-122(110)136(128(116)92-106,81-41-25-21-17-13-3)82-42-26-22-18-14-4/h27-38,43-78,83-92H,11-26,39-42,79-82H2,1-10H3. The lowest BCUT2D eigenvalue weighted by Gasteiger charge is -2.34. The van der Waals surface area contributed by atoms with Gasteiger partial charge >= 0.3 is 0 Å². The molecule has 0 saturated carbocycles. The van der Waals surface area contributed by atoms with Crippen LogP contribution in [0.4, 0.5) is 34.1 Å². The van der Waals surface area contributed by atoms with Gasteiger partial charge in [-0.1, -0.05) is 451 Å². The van der Waals surface area contributed by atoms with Gasteiger partial charge in [-0.25, -0.2) is 0 Å². The third-order valence-electron chi connectivity index (χ3n) is 32.7. The topological polar surface area (TPSA) is 6.48 Å². The van der Waals surface area contributed by atoms with Crippen molar-refractivity contribution in [3.8, 4) is 111 Å². The van der Waals surface area contributed by atoms with Gasteiger partial charge in [-0.3, -0.25) is 0 Å². The molecule has 0 N–H and O–H groups in total. The first kappa shape index (κ1) is 91.3. The van der Waals surface area contributed by atoms with Crippen molar-refractivity contribution in [1.82, 2.24) is 0 Å². The minimum Gasteiger partial charge on any atom is -0.309 e. The molecule has 4 aliphatic rings. The van der Waals surface area contributed by atoms with Crippen LogP contribution in [0.3, 0.4) is 0 Å². The highest BCUT2D eigenvalue weighted by molar-refractivity contribution is 6.23. The average molecular weight is 1800 g/mol. The fourth-order valence-corrected chi connectivity index (χ4v) is 25.3. The molecule has 0 heterocycles. The highest BCUT2D eigenvalue weighted by atomic mass is 15.2. The second-order valence-corrected chi connectivity index (χ2v) is 42.0. The Labute approximate surface area is 823 Å². The number of nitrogens with zero attached hydrogens (tertiary/aromatic N) is 2. The summed E-state index contributed by atoms with van der Waals surface area (Å²) in [5.41, 5.74) is 46.5. The van der Waals surface area contributed by atoms with Crippen LogP contribution in [-0.2, 0) is 21.7 Å². The van der Waals surface area contributed by atoms with Gasteiger partial charge in [0.25, 0.3) is 0 Å². The van der Waals surface area contributed by atoms with Gasteiger partial charge < -0.3 is 9.80 Å². The van der Waals surface area contributed by atoms with Crippen LogP contribution in [0, 0.1) is 13.8 Å². The lowest BCUT2D eigenvalue weighted by molar-refractivity contribution is 0.399. The normalized spacial score (nSPS) is 13.9. The summed E-state index contributed by atoms with van der Waals surface area (Å²) in [4.78, 5) is 5.11. The fraction of sp³-hybridized carbons (Fsp3) is 0.279. The molecule has 138 heavy (non-hydrogen) atoms. The highest BCUT2D eigenvalue weighted by Crippen LogP contribution is 2.61. The van der Waals surface area contributed by atoms with Crippen LogP contribution >= 0.6 is 0 Å². The maximum atomic E-state index is 2.63. The van der Waals surface area contributed by atoms with E-state index in [9.17, 15) is 0 Å². The first-order valence-electron chi connectivity index (χ1n) is 52.8. The molecule has 17 aromatic rings. The van der Waals surface area contributed by atoms with Gasteiger partial charge in [0.2, 0.25) is 0 Å². The number of fused-ring (bicyclic) bond motifs is 14. The molecule has 21 rings (SSSR count). The Bertz CT molecular complexity index is 6880. The number of para-hydroxylation sites is 2. The summed E-state index contributed by atoms with van der Waals surface area (Å²) < 4.78 is 0. The largest absolute Gasteiger partial charge is 0.309 e. The quantitative estimate of drug-likeness (QED) is 0.0219. The highest BCUT2D eigenvalue weighted by Gasteiger charge is 2.46. The van der Waals surface area contributed by atoms with Gasteiger partial charge in [-0.2, -0.15) is 0 Å². The van der Waals surface area contributed by atoms with E-state index < -0.39 is 0 Å². The Morgan fingerprint density at radius 2 is 0.420 bits per heavy atom. The summed E-state index contributed by atoms with van der Waals surface area (Å²) in [7, 11) is 0. The molecular formula is C136H136N2. The Balaban J connectivity index is 0.584. The molecule has 17 aromatic carbocycles. The van der Waals surface area contributed by atoms with Gasteiger partial charge in [0.1, 0.15) is 0 Å². The average Bonchev–Trinajstić information content (AvgIpc) is 1.54. The molecule has 0 radical (unpaired) electrons. The number of hydrogen-bond acceptors (Lipinski definition) is 2. The molecule has 2 heteroatoms. The van der Waals surface area contributed by atoms with Crippen LogP contribution in [0.25, 0.3) is 133 Å². The third-order valence-corrected chi connectivity index (χ3v) is 32.7. The molecule has 0 spiro atoms. The number of unbranched alkanes of at least 4 members (excludes halogenated alkanes) is 16. The number of hydrogen-bond donors (Lipinski definition) is 0. The van der Waals surface area contributed by atoms with Crippen molar-refractivity contribution in [3.63, 3.8) is 0 Å². The fourth-order valence-electron chi connectivity index (χ4n) is 25.3. The van der Waals surface area contributed by atoms with E-state index in [0.717, 1.165) is 66.8 Å². The minimum absolute atomic E-state index is 0.0343. The third kappa shape index (κ3) is 16.7. The molecule has 690 valence electrons. The Kier molecular flexibility index (Phi) is 25.8. The first-order valence-corrected chi connectivity index (χ1v) is 52.8. The maximum Gasteiger partial charge on any atom is 0.0620 e. The lowest BCUT2D eigenvalue weighted by atomic mass is 9.70. The van der Waals surface area contributed by atoms with Crippen LogP contribution < -0.4 is 9.80 Å². The predicted molar refractivity (Wildman–Crippen MR) is 594 cm³/mol. The second-order valence-electron chi connectivity index (χ2n) is 42.0. The van der Waals surface area contributed by atoms with E-state index in [0.29, 0.717) is 0 Å². The minimum atomic E-state index is -0.222. The summed E-state index contributed by atoms with van der Waals surface area (Å²) in [5, 5.41) is 4.63. The molecule has 0 amide bonds. The summed E-state index contributed by atoms with van der Waals surface area (Å²) in [6.45, 7) is 23.7. The van der Waals surface area contributed by atoms with Gasteiger partial charge in [0.15, 0.2) is 0 Å². The molecule has 0 fully saturated rings. The van der Waals surface area contributed by atoms with Crippen molar-refractivity contribution in [2.45, 2.75) is 245 Å². The van der Waals surface area contributed by atoms with E-state index >= 15 is 0 Å². The maximum absolute atomic E-state index is 2.63. The summed E-state index contributed by atoms with van der Waals surface area (Å²) in [5.74, 6) is 0. The lowest BCUT2D eigenvalue weighted by Crippen LogP contribution is -2.25. The van der Waals surface area contributed by atoms with Crippen molar-refractivity contribution in [1.29, 1.82) is 0 Å². The van der Waals surface area contributed by atoms with E-state index in [1.54, 1.807) is 22.3 Å². The second kappa shape index (κ2) is 39.0. The van der Waals surface area contributed by atoms with Gasteiger partial charge in [-0.15, -0.1) is 0 Å². The van der Waals surface area contributed by atoms with E-state index in [1.807, 2.05) is 0 Å². The zero-order chi connectivity index (χ0) is 94.2. The summed E-state index contributed by atoms with van der Waals surface area (Å²) in [6.07, 6.45) is 30.9. The smallest absolute Gasteiger partial charge is 0.0620 e. The Morgan fingerprint density at radius 3 is 0.717 bits per heavy atom. The molecule has 4 aliphatic carbocycles. The SMILES string of the molecule is CCCCCCCC1(CCCCCCC)c2ccccc2-c2ccc(-c3ccc4c(c3)C(C)(C)c3cc(-c5cccc(-c6cccc(N(c7ccccc7C)c7c8ccccc8c(N(c8cccc(-c9cccc(-c%10ccc%11c(c%10)C(C)(C)c%10cc(-c%12ccc%13c(c%12)C(CCCCCCC)(CCCCCCC)c%12ccccc%12-%13)ccc%10-%11)c9)c8)c8ccccc8C)c8ccccc78)c6)c5)ccc3-4)cc21. The molecule has 0 aromatic heterocycles.